The second-order valence-electron chi connectivity index (χ2n) is 6.60. The van der Waals surface area contributed by atoms with E-state index < -0.39 is 10.0 Å². The number of nitrogens with one attached hydrogen (secondary N) is 1. The maximum absolute atomic E-state index is 12.5. The average Bonchev–Trinajstić information content (AvgIpc) is 2.63. The maximum atomic E-state index is 12.5. The Labute approximate surface area is 162 Å². The first-order valence-corrected chi connectivity index (χ1v) is 10.7. The zero-order chi connectivity index (χ0) is 20.0. The Morgan fingerprint density at radius 2 is 1.63 bits per heavy atom. The largest absolute Gasteiger partial charge is 0.326 e. The van der Waals surface area contributed by atoms with Gasteiger partial charge in [-0.05, 0) is 49.6 Å². The number of benzene rings is 2. The molecular formula is C21H28N2O3S. The van der Waals surface area contributed by atoms with Gasteiger partial charge in [0.2, 0.25) is 15.9 Å². The van der Waals surface area contributed by atoms with Crippen LogP contribution in [0.25, 0.3) is 0 Å². The fraction of sp³-hybridized carbons (Fsp3) is 0.381. The summed E-state index contributed by atoms with van der Waals surface area (Å²) in [5.74, 6) is -0.0539. The number of carbonyl (C=O) groups is 1. The van der Waals surface area contributed by atoms with Crippen molar-refractivity contribution < 1.29 is 13.2 Å². The van der Waals surface area contributed by atoms with E-state index in [0.29, 0.717) is 25.9 Å². The average molecular weight is 389 g/mol. The van der Waals surface area contributed by atoms with Crippen LogP contribution >= 0.6 is 0 Å². The fourth-order valence-electron chi connectivity index (χ4n) is 2.97. The van der Waals surface area contributed by atoms with Crippen molar-refractivity contribution in [2.24, 2.45) is 0 Å². The molecule has 0 unspecified atom stereocenters. The standard InChI is InChI=1S/C21H28N2O3S/c1-5-23(6-2)27(25,26)19-11-8-18(9-12-19)10-14-21(24)22-20-13-7-16(3)15-17(20)4/h7-9,11-13,15H,5-6,10,14H2,1-4H3,(H,22,24). The molecule has 0 aliphatic rings. The third kappa shape index (κ3) is 5.40. The molecule has 5 nitrogen and oxygen atoms in total. The third-order valence-electron chi connectivity index (χ3n) is 4.56. The first kappa shape index (κ1) is 21.1. The summed E-state index contributed by atoms with van der Waals surface area (Å²) in [6.45, 7) is 8.52. The van der Waals surface area contributed by atoms with E-state index in [1.165, 1.54) is 4.31 Å². The lowest BCUT2D eigenvalue weighted by Gasteiger charge is -2.18. The molecule has 0 saturated carbocycles. The van der Waals surface area contributed by atoms with Crippen LogP contribution in [0.5, 0.6) is 0 Å². The van der Waals surface area contributed by atoms with Gasteiger partial charge in [0.15, 0.2) is 0 Å². The summed E-state index contributed by atoms with van der Waals surface area (Å²) in [6, 6.07) is 12.7. The number of aryl methyl sites for hydroxylation is 3. The van der Waals surface area contributed by atoms with Gasteiger partial charge in [-0.1, -0.05) is 43.7 Å². The Bertz CT molecular complexity index is 886. The van der Waals surface area contributed by atoms with Crippen LogP contribution in [0.15, 0.2) is 47.4 Å². The summed E-state index contributed by atoms with van der Waals surface area (Å²) in [5.41, 5.74) is 3.95. The molecule has 0 spiro atoms. The highest BCUT2D eigenvalue weighted by Gasteiger charge is 2.21. The summed E-state index contributed by atoms with van der Waals surface area (Å²) in [6.07, 6.45) is 0.901. The van der Waals surface area contributed by atoms with Crippen molar-refractivity contribution in [3.8, 4) is 0 Å². The molecule has 2 aromatic carbocycles. The van der Waals surface area contributed by atoms with Gasteiger partial charge in [-0.2, -0.15) is 4.31 Å². The quantitative estimate of drug-likeness (QED) is 0.746. The molecule has 2 aromatic rings. The molecule has 0 radical (unpaired) electrons. The number of sulfonamides is 1. The van der Waals surface area contributed by atoms with Crippen LogP contribution in [-0.4, -0.2) is 31.7 Å². The van der Waals surface area contributed by atoms with Crippen molar-refractivity contribution >= 4 is 21.6 Å². The van der Waals surface area contributed by atoms with Crippen molar-refractivity contribution in [2.45, 2.75) is 45.4 Å². The minimum absolute atomic E-state index is 0.0539. The van der Waals surface area contributed by atoms with E-state index in [0.717, 1.165) is 22.4 Å². The monoisotopic (exact) mass is 388 g/mol. The number of carbonyl (C=O) groups excluding carboxylic acids is 1. The summed E-state index contributed by atoms with van der Waals surface area (Å²) < 4.78 is 26.4. The Hall–Kier alpha value is -2.18. The Balaban J connectivity index is 1.97. The Morgan fingerprint density at radius 3 is 2.19 bits per heavy atom. The third-order valence-corrected chi connectivity index (χ3v) is 6.63. The van der Waals surface area contributed by atoms with E-state index in [1.54, 1.807) is 24.3 Å². The van der Waals surface area contributed by atoms with E-state index in [4.69, 9.17) is 0 Å². The summed E-state index contributed by atoms with van der Waals surface area (Å²) in [7, 11) is -3.44. The van der Waals surface area contributed by atoms with Gasteiger partial charge in [0, 0.05) is 25.2 Å². The predicted octanol–water partition coefficient (Wildman–Crippen LogP) is 3.91. The van der Waals surface area contributed by atoms with Gasteiger partial charge in [0.1, 0.15) is 0 Å². The predicted molar refractivity (Wildman–Crippen MR) is 109 cm³/mol. The minimum Gasteiger partial charge on any atom is -0.326 e. The smallest absolute Gasteiger partial charge is 0.243 e. The highest BCUT2D eigenvalue weighted by atomic mass is 32.2. The lowest BCUT2D eigenvalue weighted by molar-refractivity contribution is -0.116. The molecule has 1 N–H and O–H groups in total. The van der Waals surface area contributed by atoms with Gasteiger partial charge in [-0.3, -0.25) is 4.79 Å². The van der Waals surface area contributed by atoms with Gasteiger partial charge >= 0.3 is 0 Å². The van der Waals surface area contributed by atoms with E-state index in [9.17, 15) is 13.2 Å². The number of hydrogen-bond acceptors (Lipinski definition) is 3. The first-order valence-electron chi connectivity index (χ1n) is 9.24. The van der Waals surface area contributed by atoms with Crippen LogP contribution in [0.3, 0.4) is 0 Å². The van der Waals surface area contributed by atoms with Crippen LogP contribution in [0, 0.1) is 13.8 Å². The second-order valence-corrected chi connectivity index (χ2v) is 8.54. The summed E-state index contributed by atoms with van der Waals surface area (Å²) >= 11 is 0. The van der Waals surface area contributed by atoms with Crippen LogP contribution in [0.4, 0.5) is 5.69 Å². The number of nitrogens with zero attached hydrogens (tertiary/aromatic N) is 1. The van der Waals surface area contributed by atoms with Gasteiger partial charge in [0.25, 0.3) is 0 Å². The van der Waals surface area contributed by atoms with E-state index >= 15 is 0 Å². The van der Waals surface area contributed by atoms with Crippen molar-refractivity contribution in [1.82, 2.24) is 4.31 Å². The molecule has 27 heavy (non-hydrogen) atoms. The van der Waals surface area contributed by atoms with Crippen LogP contribution in [0.2, 0.25) is 0 Å². The lowest BCUT2D eigenvalue weighted by atomic mass is 10.1. The lowest BCUT2D eigenvalue weighted by Crippen LogP contribution is -2.30. The second kappa shape index (κ2) is 9.15. The van der Waals surface area contributed by atoms with Crippen molar-refractivity contribution in [1.29, 1.82) is 0 Å². The molecule has 1 amide bonds. The van der Waals surface area contributed by atoms with E-state index in [1.807, 2.05) is 45.9 Å². The van der Waals surface area contributed by atoms with Gasteiger partial charge in [-0.15, -0.1) is 0 Å². The SMILES string of the molecule is CCN(CC)S(=O)(=O)c1ccc(CCC(=O)Nc2ccc(C)cc2C)cc1. The highest BCUT2D eigenvalue weighted by Crippen LogP contribution is 2.18. The Morgan fingerprint density at radius 1 is 1.00 bits per heavy atom. The molecule has 0 aliphatic heterocycles. The van der Waals surface area contributed by atoms with Gasteiger partial charge in [0.05, 0.1) is 4.90 Å². The summed E-state index contributed by atoms with van der Waals surface area (Å²) in [5, 5.41) is 2.93. The molecule has 0 atom stereocenters. The molecule has 0 aliphatic carbocycles. The van der Waals surface area contributed by atoms with Crippen LogP contribution in [0.1, 0.15) is 37.0 Å². The van der Waals surface area contributed by atoms with E-state index in [-0.39, 0.29) is 10.8 Å². The first-order chi connectivity index (χ1) is 12.8. The number of amides is 1. The number of anilines is 1. The van der Waals surface area contributed by atoms with Gasteiger partial charge < -0.3 is 5.32 Å². The normalized spacial score (nSPS) is 11.6. The molecule has 2 rings (SSSR count). The van der Waals surface area contributed by atoms with Gasteiger partial charge in [-0.25, -0.2) is 8.42 Å². The molecular weight excluding hydrogens is 360 g/mol. The zero-order valence-corrected chi connectivity index (χ0v) is 17.3. The summed E-state index contributed by atoms with van der Waals surface area (Å²) in [4.78, 5) is 12.5. The molecule has 0 bridgehead atoms. The fourth-order valence-corrected chi connectivity index (χ4v) is 4.42. The number of rotatable bonds is 8. The maximum Gasteiger partial charge on any atom is 0.243 e. The van der Waals surface area contributed by atoms with Crippen LogP contribution in [-0.2, 0) is 21.2 Å². The molecule has 0 aromatic heterocycles. The topological polar surface area (TPSA) is 66.5 Å². The zero-order valence-electron chi connectivity index (χ0n) is 16.5. The minimum atomic E-state index is -3.44. The highest BCUT2D eigenvalue weighted by molar-refractivity contribution is 7.89. The molecule has 0 heterocycles. The number of hydrogen-bond donors (Lipinski definition) is 1. The van der Waals surface area contributed by atoms with Crippen molar-refractivity contribution in [3.63, 3.8) is 0 Å². The Kier molecular flexibility index (Phi) is 7.16. The molecule has 0 fully saturated rings. The molecule has 6 heteroatoms. The van der Waals surface area contributed by atoms with Crippen molar-refractivity contribution in [2.75, 3.05) is 18.4 Å². The molecule has 0 saturated heterocycles. The van der Waals surface area contributed by atoms with Crippen LogP contribution < -0.4 is 5.32 Å². The molecule has 146 valence electrons. The van der Waals surface area contributed by atoms with E-state index in [2.05, 4.69) is 5.32 Å². The van der Waals surface area contributed by atoms with Crippen molar-refractivity contribution in [3.05, 3.63) is 59.2 Å².